The number of hydrogen-bond acceptors (Lipinski definition) is 3. The summed E-state index contributed by atoms with van der Waals surface area (Å²) in [6, 6.07) is 0.803. The SMILES string of the molecule is CCC(C)(C)C1CCC2(CC1)OCC(CCN(C)C1CCCCC1)O2. The molecule has 0 aromatic rings. The Morgan fingerprint density at radius 3 is 2.36 bits per heavy atom. The van der Waals surface area contributed by atoms with Crippen molar-refractivity contribution >= 4 is 0 Å². The van der Waals surface area contributed by atoms with Crippen LogP contribution in [0.3, 0.4) is 0 Å². The lowest BCUT2D eigenvalue weighted by molar-refractivity contribution is -0.197. The summed E-state index contributed by atoms with van der Waals surface area (Å²) in [6.45, 7) is 9.14. The molecule has 1 atom stereocenters. The maximum Gasteiger partial charge on any atom is 0.168 e. The molecule has 1 aliphatic heterocycles. The fourth-order valence-electron chi connectivity index (χ4n) is 5.20. The molecule has 0 amide bonds. The van der Waals surface area contributed by atoms with Crippen LogP contribution in [0.4, 0.5) is 0 Å². The molecule has 3 fully saturated rings. The number of ether oxygens (including phenoxy) is 2. The quantitative estimate of drug-likeness (QED) is 0.641. The molecular weight excluding hydrogens is 310 g/mol. The van der Waals surface area contributed by atoms with Gasteiger partial charge in [-0.2, -0.15) is 0 Å². The van der Waals surface area contributed by atoms with Crippen molar-refractivity contribution in [2.75, 3.05) is 20.2 Å². The van der Waals surface area contributed by atoms with Crippen molar-refractivity contribution in [2.24, 2.45) is 11.3 Å². The zero-order valence-corrected chi connectivity index (χ0v) is 17.2. The van der Waals surface area contributed by atoms with Crippen molar-refractivity contribution in [1.29, 1.82) is 0 Å². The molecule has 0 N–H and O–H groups in total. The Balaban J connectivity index is 1.41. The Morgan fingerprint density at radius 1 is 1.04 bits per heavy atom. The summed E-state index contributed by atoms with van der Waals surface area (Å²) in [4.78, 5) is 2.58. The highest BCUT2D eigenvalue weighted by atomic mass is 16.7. The first-order valence-electron chi connectivity index (χ1n) is 11.0. The summed E-state index contributed by atoms with van der Waals surface area (Å²) in [5.74, 6) is 0.584. The molecule has 0 bridgehead atoms. The van der Waals surface area contributed by atoms with E-state index in [4.69, 9.17) is 9.47 Å². The Morgan fingerprint density at radius 2 is 1.72 bits per heavy atom. The van der Waals surface area contributed by atoms with Gasteiger partial charge in [-0.15, -0.1) is 0 Å². The van der Waals surface area contributed by atoms with Gasteiger partial charge in [0.15, 0.2) is 5.79 Å². The molecule has 1 unspecified atom stereocenters. The molecule has 1 spiro atoms. The standard InChI is InChI=1S/C22H41NO2/c1-5-21(2,3)18-11-14-22(15-12-18)24-17-20(25-22)13-16-23(4)19-9-7-6-8-10-19/h18-20H,5-17H2,1-4H3. The van der Waals surface area contributed by atoms with Gasteiger partial charge in [0.1, 0.15) is 0 Å². The van der Waals surface area contributed by atoms with Gasteiger partial charge >= 0.3 is 0 Å². The Bertz CT molecular complexity index is 408. The van der Waals surface area contributed by atoms with E-state index in [1.54, 1.807) is 0 Å². The lowest BCUT2D eigenvalue weighted by atomic mass is 9.68. The van der Waals surface area contributed by atoms with Gasteiger partial charge in [0.25, 0.3) is 0 Å². The molecule has 25 heavy (non-hydrogen) atoms. The van der Waals surface area contributed by atoms with E-state index < -0.39 is 0 Å². The number of nitrogens with zero attached hydrogens (tertiary/aromatic N) is 1. The lowest BCUT2D eigenvalue weighted by Crippen LogP contribution is -2.40. The van der Waals surface area contributed by atoms with Crippen molar-refractivity contribution in [1.82, 2.24) is 4.90 Å². The summed E-state index contributed by atoms with van der Waals surface area (Å²) < 4.78 is 12.7. The van der Waals surface area contributed by atoms with Gasteiger partial charge in [-0.1, -0.05) is 46.5 Å². The van der Waals surface area contributed by atoms with Gasteiger partial charge in [-0.25, -0.2) is 0 Å². The molecule has 3 heteroatoms. The van der Waals surface area contributed by atoms with Crippen LogP contribution in [-0.2, 0) is 9.47 Å². The molecule has 146 valence electrons. The highest BCUT2D eigenvalue weighted by molar-refractivity contribution is 4.90. The second-order valence-electron chi connectivity index (χ2n) is 9.64. The molecule has 0 radical (unpaired) electrons. The van der Waals surface area contributed by atoms with Crippen molar-refractivity contribution < 1.29 is 9.47 Å². The monoisotopic (exact) mass is 351 g/mol. The van der Waals surface area contributed by atoms with Crippen LogP contribution in [0, 0.1) is 11.3 Å². The third kappa shape index (κ3) is 4.78. The minimum absolute atomic E-state index is 0.242. The molecule has 1 saturated heterocycles. The molecule has 1 heterocycles. The van der Waals surface area contributed by atoms with Gasteiger partial charge in [-0.05, 0) is 50.5 Å². The van der Waals surface area contributed by atoms with E-state index in [0.29, 0.717) is 11.5 Å². The fourth-order valence-corrected chi connectivity index (χ4v) is 5.20. The highest BCUT2D eigenvalue weighted by Gasteiger charge is 2.46. The Labute approximate surface area is 155 Å². The van der Waals surface area contributed by atoms with E-state index in [1.165, 1.54) is 51.4 Å². The maximum absolute atomic E-state index is 6.47. The van der Waals surface area contributed by atoms with E-state index in [0.717, 1.165) is 44.4 Å². The van der Waals surface area contributed by atoms with Gasteiger partial charge in [0.2, 0.25) is 0 Å². The summed E-state index contributed by atoms with van der Waals surface area (Å²) in [5, 5.41) is 0. The van der Waals surface area contributed by atoms with Crippen molar-refractivity contribution in [3.8, 4) is 0 Å². The van der Waals surface area contributed by atoms with Crippen LogP contribution >= 0.6 is 0 Å². The lowest BCUT2D eigenvalue weighted by Gasteiger charge is -2.42. The van der Waals surface area contributed by atoms with E-state index in [9.17, 15) is 0 Å². The van der Waals surface area contributed by atoms with Gasteiger partial charge in [-0.3, -0.25) is 0 Å². The van der Waals surface area contributed by atoms with Crippen molar-refractivity contribution in [3.05, 3.63) is 0 Å². The molecule has 3 nitrogen and oxygen atoms in total. The minimum atomic E-state index is -0.242. The zero-order chi connectivity index (χ0) is 17.9. The predicted molar refractivity (Wildman–Crippen MR) is 104 cm³/mol. The molecule has 2 aliphatic carbocycles. The van der Waals surface area contributed by atoms with Crippen LogP contribution < -0.4 is 0 Å². The first-order chi connectivity index (χ1) is 11.9. The molecule has 0 aromatic heterocycles. The topological polar surface area (TPSA) is 21.7 Å². The average molecular weight is 352 g/mol. The van der Waals surface area contributed by atoms with Gasteiger partial charge in [0.05, 0.1) is 12.7 Å². The van der Waals surface area contributed by atoms with E-state index in [-0.39, 0.29) is 5.79 Å². The normalized spacial score (nSPS) is 34.9. The molecular formula is C22H41NO2. The number of hydrogen-bond donors (Lipinski definition) is 0. The molecule has 2 saturated carbocycles. The van der Waals surface area contributed by atoms with Crippen LogP contribution in [0.1, 0.15) is 91.4 Å². The van der Waals surface area contributed by atoms with E-state index in [1.807, 2.05) is 0 Å². The van der Waals surface area contributed by atoms with Crippen LogP contribution in [-0.4, -0.2) is 43.0 Å². The second-order valence-corrected chi connectivity index (χ2v) is 9.64. The summed E-state index contributed by atoms with van der Waals surface area (Å²) >= 11 is 0. The molecule has 3 aliphatic rings. The van der Waals surface area contributed by atoms with E-state index >= 15 is 0 Å². The smallest absolute Gasteiger partial charge is 0.168 e. The maximum atomic E-state index is 6.47. The van der Waals surface area contributed by atoms with Gasteiger partial charge in [0, 0.05) is 25.4 Å². The first-order valence-corrected chi connectivity index (χ1v) is 11.0. The van der Waals surface area contributed by atoms with Crippen LogP contribution in [0.5, 0.6) is 0 Å². The largest absolute Gasteiger partial charge is 0.347 e. The fraction of sp³-hybridized carbons (Fsp3) is 1.00. The average Bonchev–Trinajstić information content (AvgIpc) is 3.03. The summed E-state index contributed by atoms with van der Waals surface area (Å²) in [5.41, 5.74) is 0.461. The van der Waals surface area contributed by atoms with Gasteiger partial charge < -0.3 is 14.4 Å². The van der Waals surface area contributed by atoms with Crippen LogP contribution in [0.15, 0.2) is 0 Å². The molecule has 3 rings (SSSR count). The third-order valence-electron chi connectivity index (χ3n) is 7.68. The van der Waals surface area contributed by atoms with Crippen molar-refractivity contribution in [2.45, 2.75) is 109 Å². The number of rotatable bonds is 6. The van der Waals surface area contributed by atoms with E-state index in [2.05, 4.69) is 32.7 Å². The first kappa shape index (κ1) is 19.6. The third-order valence-corrected chi connectivity index (χ3v) is 7.68. The Hall–Kier alpha value is -0.120. The summed E-state index contributed by atoms with van der Waals surface area (Å²) in [7, 11) is 2.31. The van der Waals surface area contributed by atoms with Crippen LogP contribution in [0.2, 0.25) is 0 Å². The molecule has 0 aromatic carbocycles. The predicted octanol–water partition coefficient (Wildman–Crippen LogP) is 5.38. The highest BCUT2D eigenvalue weighted by Crippen LogP contribution is 2.47. The summed E-state index contributed by atoms with van der Waals surface area (Å²) in [6.07, 6.45) is 14.4. The second kappa shape index (κ2) is 8.27. The van der Waals surface area contributed by atoms with Crippen LogP contribution in [0.25, 0.3) is 0 Å². The van der Waals surface area contributed by atoms with Crippen molar-refractivity contribution in [3.63, 3.8) is 0 Å². The zero-order valence-electron chi connectivity index (χ0n) is 17.2. The minimum Gasteiger partial charge on any atom is -0.347 e. The Kier molecular flexibility index (Phi) is 6.50.